The van der Waals surface area contributed by atoms with Crippen LogP contribution in [-0.2, 0) is 5.41 Å². The first-order chi connectivity index (χ1) is 25.1. The largest absolute Gasteiger partial charge is 0.310 e. The Hall–Kier alpha value is -5.96. The van der Waals surface area contributed by atoms with Gasteiger partial charge in [-0.2, -0.15) is 0 Å². The number of anilines is 3. The van der Waals surface area contributed by atoms with Crippen LogP contribution in [0.15, 0.2) is 176 Å². The van der Waals surface area contributed by atoms with Crippen molar-refractivity contribution in [2.24, 2.45) is 0 Å². The average Bonchev–Trinajstić information content (AvgIpc) is 3.67. The number of nitrogens with zero attached hydrogens (tertiary/aromatic N) is 1. The maximum absolute atomic E-state index is 2.48. The highest BCUT2D eigenvalue weighted by Gasteiger charge is 2.36. The summed E-state index contributed by atoms with van der Waals surface area (Å²) in [5.74, 6) is 0. The van der Waals surface area contributed by atoms with E-state index < -0.39 is 0 Å². The van der Waals surface area contributed by atoms with Gasteiger partial charge in [0.2, 0.25) is 0 Å². The maximum atomic E-state index is 2.48. The fourth-order valence-corrected chi connectivity index (χ4v) is 9.56. The summed E-state index contributed by atoms with van der Waals surface area (Å²) in [6.07, 6.45) is 0. The maximum Gasteiger partial charge on any atom is 0.0546 e. The van der Waals surface area contributed by atoms with Crippen LogP contribution >= 0.6 is 11.3 Å². The lowest BCUT2D eigenvalue weighted by Crippen LogP contribution is -2.17. The third-order valence-corrected chi connectivity index (χ3v) is 12.0. The minimum absolute atomic E-state index is 0.110. The molecule has 0 saturated heterocycles. The molecule has 9 aromatic rings. The lowest BCUT2D eigenvalue weighted by Gasteiger charge is -2.31. The Labute approximate surface area is 302 Å². The predicted molar refractivity (Wildman–Crippen MR) is 220 cm³/mol. The Bertz CT molecular complexity index is 2790. The summed E-state index contributed by atoms with van der Waals surface area (Å²) in [5, 5.41) is 5.10. The van der Waals surface area contributed by atoms with Crippen LogP contribution in [0.25, 0.3) is 64.3 Å². The monoisotopic (exact) mass is 669 g/mol. The molecule has 0 unspecified atom stereocenters. The van der Waals surface area contributed by atoms with Gasteiger partial charge in [0.05, 0.1) is 5.69 Å². The fraction of sp³-hybridized carbons (Fsp3) is 0.0612. The molecule has 242 valence electrons. The van der Waals surface area contributed by atoms with Gasteiger partial charge in [-0.15, -0.1) is 11.3 Å². The van der Waals surface area contributed by atoms with Crippen molar-refractivity contribution >= 4 is 59.3 Å². The average molecular weight is 670 g/mol. The Kier molecular flexibility index (Phi) is 6.78. The molecule has 0 bridgehead atoms. The Morgan fingerprint density at radius 1 is 0.451 bits per heavy atom. The lowest BCUT2D eigenvalue weighted by molar-refractivity contribution is 0.660. The second kappa shape index (κ2) is 11.6. The van der Waals surface area contributed by atoms with Crippen LogP contribution in [0.2, 0.25) is 0 Å². The molecule has 0 saturated carbocycles. The molecule has 1 heterocycles. The highest BCUT2D eigenvalue weighted by molar-refractivity contribution is 7.25. The first kappa shape index (κ1) is 29.9. The van der Waals surface area contributed by atoms with E-state index in [0.29, 0.717) is 0 Å². The van der Waals surface area contributed by atoms with E-state index in [-0.39, 0.29) is 5.41 Å². The topological polar surface area (TPSA) is 3.24 Å². The van der Waals surface area contributed by atoms with E-state index in [1.54, 1.807) is 0 Å². The molecule has 0 amide bonds. The summed E-state index contributed by atoms with van der Waals surface area (Å²) in [7, 11) is 0. The zero-order chi connectivity index (χ0) is 34.1. The van der Waals surface area contributed by atoms with E-state index in [2.05, 4.69) is 195 Å². The van der Waals surface area contributed by atoms with Gasteiger partial charge in [-0.05, 0) is 98.2 Å². The highest BCUT2D eigenvalue weighted by Crippen LogP contribution is 2.53. The van der Waals surface area contributed by atoms with Crippen molar-refractivity contribution in [2.75, 3.05) is 4.90 Å². The van der Waals surface area contributed by atoms with Gasteiger partial charge in [0.15, 0.2) is 0 Å². The molecule has 0 atom stereocenters. The molecule has 8 aromatic carbocycles. The van der Waals surface area contributed by atoms with Crippen molar-refractivity contribution in [3.05, 3.63) is 187 Å². The molecular formula is C49H35NS. The number of rotatable bonds is 5. The number of para-hydroxylation sites is 1. The SMILES string of the molecule is CC1(C)c2ccccc2-c2ccc(N(c3ccccc3)c3cccc(-c4ccc5ccccc5c4)c3-c3cccc4sc5ccccc5c34)cc21. The van der Waals surface area contributed by atoms with E-state index in [1.807, 2.05) is 11.3 Å². The molecule has 1 aliphatic rings. The number of benzene rings is 8. The number of thiophene rings is 1. The number of fused-ring (bicyclic) bond motifs is 7. The molecule has 2 heteroatoms. The number of hydrogen-bond donors (Lipinski definition) is 0. The molecule has 0 aliphatic heterocycles. The minimum atomic E-state index is -0.110. The highest BCUT2D eigenvalue weighted by atomic mass is 32.1. The van der Waals surface area contributed by atoms with Crippen molar-refractivity contribution in [3.63, 3.8) is 0 Å². The Morgan fingerprint density at radius 2 is 1.14 bits per heavy atom. The molecule has 0 N–H and O–H groups in total. The third-order valence-electron chi connectivity index (χ3n) is 10.9. The van der Waals surface area contributed by atoms with Gasteiger partial charge >= 0.3 is 0 Å². The van der Waals surface area contributed by atoms with Gasteiger partial charge in [-0.3, -0.25) is 0 Å². The zero-order valence-corrected chi connectivity index (χ0v) is 29.4. The van der Waals surface area contributed by atoms with E-state index >= 15 is 0 Å². The molecule has 10 rings (SSSR count). The lowest BCUT2D eigenvalue weighted by atomic mass is 9.82. The third kappa shape index (κ3) is 4.67. The van der Waals surface area contributed by atoms with Crippen molar-refractivity contribution in [3.8, 4) is 33.4 Å². The summed E-state index contributed by atoms with van der Waals surface area (Å²) in [6.45, 7) is 4.73. The van der Waals surface area contributed by atoms with Crippen molar-refractivity contribution in [1.82, 2.24) is 0 Å². The van der Waals surface area contributed by atoms with Crippen LogP contribution in [0.4, 0.5) is 17.1 Å². The summed E-state index contributed by atoms with van der Waals surface area (Å²) in [4.78, 5) is 2.48. The first-order valence-corrected chi connectivity index (χ1v) is 18.5. The zero-order valence-electron chi connectivity index (χ0n) is 28.6. The van der Waals surface area contributed by atoms with Gasteiger partial charge < -0.3 is 4.90 Å². The minimum Gasteiger partial charge on any atom is -0.310 e. The summed E-state index contributed by atoms with van der Waals surface area (Å²) in [5.41, 5.74) is 13.6. The molecule has 0 spiro atoms. The normalized spacial score (nSPS) is 13.1. The van der Waals surface area contributed by atoms with E-state index in [1.165, 1.54) is 75.5 Å². The van der Waals surface area contributed by atoms with Crippen molar-refractivity contribution in [1.29, 1.82) is 0 Å². The van der Waals surface area contributed by atoms with E-state index in [0.717, 1.165) is 17.1 Å². The van der Waals surface area contributed by atoms with Crippen LogP contribution in [-0.4, -0.2) is 0 Å². The van der Waals surface area contributed by atoms with Gasteiger partial charge in [-0.1, -0.05) is 141 Å². The van der Waals surface area contributed by atoms with Gasteiger partial charge in [0, 0.05) is 42.5 Å². The molecule has 1 aromatic heterocycles. The van der Waals surface area contributed by atoms with E-state index in [4.69, 9.17) is 0 Å². The standard InChI is InChI=1S/C49H35NS/c1-49(2)42-22-10-8-18-38(42)39-29-28-36(31-43(39)49)50(35-16-4-3-5-17-35)44-23-12-20-37(34-27-26-32-14-6-7-15-33(32)30-34)47(44)41-21-13-25-46-48(41)40-19-9-11-24-45(40)51-46/h3-31H,1-2H3. The molecule has 0 fully saturated rings. The van der Waals surface area contributed by atoms with Crippen LogP contribution in [0.1, 0.15) is 25.0 Å². The fourth-order valence-electron chi connectivity index (χ4n) is 8.43. The van der Waals surface area contributed by atoms with Gasteiger partial charge in [-0.25, -0.2) is 0 Å². The molecule has 51 heavy (non-hydrogen) atoms. The first-order valence-electron chi connectivity index (χ1n) is 17.7. The summed E-state index contributed by atoms with van der Waals surface area (Å²) < 4.78 is 2.61. The summed E-state index contributed by atoms with van der Waals surface area (Å²) >= 11 is 1.87. The second-order valence-electron chi connectivity index (χ2n) is 14.1. The van der Waals surface area contributed by atoms with Crippen LogP contribution in [0.5, 0.6) is 0 Å². The number of hydrogen-bond acceptors (Lipinski definition) is 2. The molecular weight excluding hydrogens is 635 g/mol. The predicted octanol–water partition coefficient (Wildman–Crippen LogP) is 14.3. The van der Waals surface area contributed by atoms with E-state index in [9.17, 15) is 0 Å². The quantitative estimate of drug-likeness (QED) is 0.176. The smallest absolute Gasteiger partial charge is 0.0546 e. The van der Waals surface area contributed by atoms with Crippen LogP contribution in [0, 0.1) is 0 Å². The van der Waals surface area contributed by atoms with Crippen LogP contribution in [0.3, 0.4) is 0 Å². The molecule has 1 nitrogen and oxygen atoms in total. The van der Waals surface area contributed by atoms with Gasteiger partial charge in [0.1, 0.15) is 0 Å². The molecule has 0 radical (unpaired) electrons. The Morgan fingerprint density at radius 3 is 2.04 bits per heavy atom. The van der Waals surface area contributed by atoms with Crippen molar-refractivity contribution < 1.29 is 0 Å². The van der Waals surface area contributed by atoms with Gasteiger partial charge in [0.25, 0.3) is 0 Å². The van der Waals surface area contributed by atoms with Crippen LogP contribution < -0.4 is 4.90 Å². The summed E-state index contributed by atoms with van der Waals surface area (Å²) in [6, 6.07) is 65.0. The van der Waals surface area contributed by atoms with Crippen molar-refractivity contribution in [2.45, 2.75) is 19.3 Å². The second-order valence-corrected chi connectivity index (χ2v) is 15.2. The Balaban J connectivity index is 1.29. The molecule has 1 aliphatic carbocycles.